The second-order valence-corrected chi connectivity index (χ2v) is 20.1. The third-order valence-corrected chi connectivity index (χ3v) is 15.0. The highest BCUT2D eigenvalue weighted by Gasteiger charge is 2.41. The molecular weight excluding hydrogens is 977 g/mol. The molecule has 3 N–H and O–H groups in total. The first-order valence-corrected chi connectivity index (χ1v) is 26.2. The summed E-state index contributed by atoms with van der Waals surface area (Å²) in [6, 6.07) is 30.2. The lowest BCUT2D eigenvalue weighted by atomic mass is 9.78. The molecule has 1 fully saturated rings. The maximum Gasteiger partial charge on any atom is 0.336 e. The van der Waals surface area contributed by atoms with E-state index in [1.807, 2.05) is 25.1 Å². The van der Waals surface area contributed by atoms with E-state index >= 15 is 4.79 Å². The van der Waals surface area contributed by atoms with Gasteiger partial charge in [0.15, 0.2) is 23.5 Å². The summed E-state index contributed by atoms with van der Waals surface area (Å²) >= 11 is 0. The fourth-order valence-corrected chi connectivity index (χ4v) is 11.0. The number of hydrogen-bond acceptors (Lipinski definition) is 11. The van der Waals surface area contributed by atoms with Gasteiger partial charge in [0.1, 0.15) is 35.0 Å². The van der Waals surface area contributed by atoms with Crippen LogP contribution < -0.4 is 25.0 Å². The molecule has 4 aliphatic rings. The van der Waals surface area contributed by atoms with Gasteiger partial charge in [-0.1, -0.05) is 66.7 Å². The molecule has 2 aliphatic carbocycles. The first-order chi connectivity index (χ1) is 37.2. The number of methoxy groups -OCH3 is 2. The zero-order chi connectivity index (χ0) is 54.3. The zero-order valence-electron chi connectivity index (χ0n) is 44.1. The average molecular weight is 1040 g/mol. The Balaban J connectivity index is 0.952. The van der Waals surface area contributed by atoms with Gasteiger partial charge in [0, 0.05) is 29.1 Å². The largest absolute Gasteiger partial charge is 0.507 e. The molecular formula is C63H64N2O12. The Morgan fingerprint density at radius 1 is 0.805 bits per heavy atom. The van der Waals surface area contributed by atoms with Crippen LogP contribution in [0.1, 0.15) is 106 Å². The van der Waals surface area contributed by atoms with E-state index in [4.69, 9.17) is 23.4 Å². The number of fused-ring (bicyclic) bond motifs is 2. The molecule has 9 rings (SSSR count). The van der Waals surface area contributed by atoms with Crippen LogP contribution in [0, 0.1) is 26.7 Å². The first-order valence-electron chi connectivity index (χ1n) is 26.2. The Morgan fingerprint density at radius 2 is 1.64 bits per heavy atom. The number of allylic oxidation sites excluding steroid dienone is 2. The standard InChI is InChI=1S/C63H64N2O12/c1-37-21-22-40(30-38(37)2)23-28-53(77-63(72)51-20-11-12-29-65(51)61(69)57(41-14-7-6-8-15-41)43-31-39(3)59(74-5)55(33-43)73-4)42-16-13-17-45(32-42)75-36-56(68)64-35-50-52(67)27-26-49-58(46-18-9-10-19-47(46)62(70)71)48-25-24-44(66)34-54(48)76-60(49)50/h7,9-10,13-14,16-19,21-22,24-27,30-34,41,51,53,57,67H,6,8,11-12,15,20,23,28-29,35-36H2,1-5H3,(H,64,68)(H,70,71)/t41?,51?,53-,57?/m1/s1. The predicted molar refractivity (Wildman–Crippen MR) is 293 cm³/mol. The molecule has 0 bridgehead atoms. The molecule has 0 radical (unpaired) electrons. The van der Waals surface area contributed by atoms with Crippen LogP contribution in [0.4, 0.5) is 0 Å². The molecule has 2 heterocycles. The fourth-order valence-electron chi connectivity index (χ4n) is 11.0. The minimum atomic E-state index is -1.15. The number of phenols is 1. The van der Waals surface area contributed by atoms with Crippen LogP contribution in [-0.2, 0) is 32.1 Å². The van der Waals surface area contributed by atoms with Crippen LogP contribution in [0.15, 0.2) is 131 Å². The van der Waals surface area contributed by atoms with Crippen molar-refractivity contribution >= 4 is 34.7 Å². The molecule has 77 heavy (non-hydrogen) atoms. The van der Waals surface area contributed by atoms with Gasteiger partial charge in [0.25, 0.3) is 5.91 Å². The summed E-state index contributed by atoms with van der Waals surface area (Å²) in [5.41, 5.74) is 7.12. The SMILES string of the molecule is COc1cc(C(C(=O)N2CCCCC2C(=O)O[C@H](CCc2ccc(C)c(C)c2)c2cccc(OCC(=O)NCc3c(O)ccc4c(-c5ccccc5C(=O)O)c5ccc(=O)cc-5oc34)c2)C2C=CCCC2)cc(C)c1OC. The highest BCUT2D eigenvalue weighted by atomic mass is 16.5. The fraction of sp³-hybridized carbons (Fsp3) is 0.317. The van der Waals surface area contributed by atoms with Gasteiger partial charge in [-0.2, -0.15) is 0 Å². The van der Waals surface area contributed by atoms with Gasteiger partial charge < -0.3 is 43.8 Å². The third kappa shape index (κ3) is 11.7. The minimum Gasteiger partial charge on any atom is -0.507 e. The van der Waals surface area contributed by atoms with E-state index in [0.717, 1.165) is 54.4 Å². The number of esters is 1. The molecule has 1 saturated heterocycles. The number of amides is 2. The number of hydrogen-bond donors (Lipinski definition) is 3. The van der Waals surface area contributed by atoms with Crippen LogP contribution in [-0.4, -0.2) is 72.3 Å². The molecule has 5 aromatic carbocycles. The Bertz CT molecular complexity index is 3410. The molecule has 2 aliphatic heterocycles. The van der Waals surface area contributed by atoms with Crippen LogP contribution in [0.3, 0.4) is 0 Å². The van der Waals surface area contributed by atoms with Crippen LogP contribution in [0.5, 0.6) is 23.0 Å². The number of carbonyl (C=O) groups is 4. The van der Waals surface area contributed by atoms with Crippen molar-refractivity contribution in [1.29, 1.82) is 0 Å². The molecule has 0 saturated carbocycles. The molecule has 0 spiro atoms. The lowest BCUT2D eigenvalue weighted by molar-refractivity contribution is -0.163. The summed E-state index contributed by atoms with van der Waals surface area (Å²) < 4.78 is 30.3. The second kappa shape index (κ2) is 23.7. The second-order valence-electron chi connectivity index (χ2n) is 20.1. The Labute approximate surface area is 447 Å². The third-order valence-electron chi connectivity index (χ3n) is 15.0. The topological polar surface area (TPSA) is 191 Å². The maximum atomic E-state index is 15.2. The van der Waals surface area contributed by atoms with Crippen LogP contribution >= 0.6 is 0 Å². The number of rotatable bonds is 18. The molecule has 3 unspecified atom stereocenters. The molecule has 14 nitrogen and oxygen atoms in total. The van der Waals surface area contributed by atoms with Crippen molar-refractivity contribution in [3.8, 4) is 45.4 Å². The van der Waals surface area contributed by atoms with E-state index < -0.39 is 42.5 Å². The number of carboxylic acid groups (broad SMARTS) is 1. The highest BCUT2D eigenvalue weighted by molar-refractivity contribution is 6.08. The number of aryl methyl sites for hydroxylation is 4. The number of aromatic hydroxyl groups is 1. The quantitative estimate of drug-likeness (QED) is 0.0419. The van der Waals surface area contributed by atoms with Crippen molar-refractivity contribution in [1.82, 2.24) is 10.2 Å². The van der Waals surface area contributed by atoms with Crippen molar-refractivity contribution < 1.29 is 52.8 Å². The van der Waals surface area contributed by atoms with Crippen molar-refractivity contribution in [2.45, 2.75) is 96.7 Å². The van der Waals surface area contributed by atoms with Crippen LogP contribution in [0.2, 0.25) is 0 Å². The maximum absolute atomic E-state index is 15.2. The number of aromatic carboxylic acids is 1. The van der Waals surface area contributed by atoms with Gasteiger partial charge in [0.05, 0.1) is 37.8 Å². The van der Waals surface area contributed by atoms with Gasteiger partial charge >= 0.3 is 11.9 Å². The normalized spacial score (nSPS) is 16.1. The van der Waals surface area contributed by atoms with Crippen molar-refractivity contribution in [3.63, 3.8) is 0 Å². The molecule has 5 aromatic rings. The molecule has 14 heteroatoms. The summed E-state index contributed by atoms with van der Waals surface area (Å²) in [6.07, 6.45) is 9.21. The van der Waals surface area contributed by atoms with Gasteiger partial charge in [-0.15, -0.1) is 0 Å². The van der Waals surface area contributed by atoms with Crippen molar-refractivity contribution in [3.05, 3.63) is 176 Å². The van der Waals surface area contributed by atoms with Gasteiger partial charge in [-0.3, -0.25) is 14.4 Å². The molecule has 4 atom stereocenters. The summed E-state index contributed by atoms with van der Waals surface area (Å²) in [6.45, 7) is 5.84. The van der Waals surface area contributed by atoms with Crippen molar-refractivity contribution in [2.75, 3.05) is 27.4 Å². The Morgan fingerprint density at radius 3 is 2.40 bits per heavy atom. The summed E-state index contributed by atoms with van der Waals surface area (Å²) in [4.78, 5) is 70.2. The summed E-state index contributed by atoms with van der Waals surface area (Å²) in [5, 5.41) is 24.6. The number of phenolic OH excluding ortho intramolecular Hbond substituents is 1. The highest BCUT2D eigenvalue weighted by Crippen LogP contribution is 2.45. The number of carbonyl (C=O) groups excluding carboxylic acids is 3. The summed E-state index contributed by atoms with van der Waals surface area (Å²) in [7, 11) is 3.18. The van der Waals surface area contributed by atoms with E-state index in [1.165, 1.54) is 29.8 Å². The average Bonchev–Trinajstić information content (AvgIpc) is 3.50. The molecule has 398 valence electrons. The minimum absolute atomic E-state index is 0.0317. The predicted octanol–water partition coefficient (Wildman–Crippen LogP) is 11.3. The monoisotopic (exact) mass is 1040 g/mol. The van der Waals surface area contributed by atoms with E-state index in [9.17, 15) is 29.4 Å². The lowest BCUT2D eigenvalue weighted by Crippen LogP contribution is -2.51. The number of carboxylic acids is 1. The van der Waals surface area contributed by atoms with Crippen molar-refractivity contribution in [2.24, 2.45) is 5.92 Å². The smallest absolute Gasteiger partial charge is 0.336 e. The number of piperidine rings is 1. The van der Waals surface area contributed by atoms with E-state index in [-0.39, 0.29) is 52.0 Å². The van der Waals surface area contributed by atoms with E-state index in [1.54, 1.807) is 67.7 Å². The van der Waals surface area contributed by atoms with Gasteiger partial charge in [-0.05, 0) is 166 Å². The van der Waals surface area contributed by atoms with Gasteiger partial charge in [0.2, 0.25) is 5.91 Å². The van der Waals surface area contributed by atoms with Gasteiger partial charge in [-0.25, -0.2) is 9.59 Å². The van der Waals surface area contributed by atoms with E-state index in [0.29, 0.717) is 70.7 Å². The molecule has 2 amide bonds. The Hall–Kier alpha value is -8.39. The zero-order valence-corrected chi connectivity index (χ0v) is 44.1. The number of nitrogens with one attached hydrogen (secondary N) is 1. The number of likely N-dealkylation sites (tertiary alicyclic amines) is 1. The van der Waals surface area contributed by atoms with E-state index in [2.05, 4.69) is 49.5 Å². The summed E-state index contributed by atoms with van der Waals surface area (Å²) in [5.74, 6) is -1.46. The first kappa shape index (κ1) is 53.4. The van der Waals surface area contributed by atoms with Crippen LogP contribution in [0.25, 0.3) is 33.4 Å². The Kier molecular flexibility index (Phi) is 16.4. The lowest BCUT2D eigenvalue weighted by Gasteiger charge is -2.39. The number of benzene rings is 6. The molecule has 0 aromatic heterocycles. The number of ether oxygens (including phenoxy) is 4. The number of nitrogens with zero attached hydrogens (tertiary/aromatic N) is 1.